The van der Waals surface area contributed by atoms with Crippen LogP contribution < -0.4 is 21.3 Å². The first-order valence-electron chi connectivity index (χ1n) is 15.4. The highest BCUT2D eigenvalue weighted by atomic mass is 16.2. The molecule has 0 aliphatic carbocycles. The molecule has 2 aromatic heterocycles. The molecule has 0 saturated carbocycles. The number of pyridine rings is 2. The van der Waals surface area contributed by atoms with Gasteiger partial charge in [-0.25, -0.2) is 0 Å². The molecule has 2 rings (SSSR count). The summed E-state index contributed by atoms with van der Waals surface area (Å²) < 4.78 is 0. The molecule has 0 saturated heterocycles. The lowest BCUT2D eigenvalue weighted by atomic mass is 10.1. The number of hydrogen-bond acceptors (Lipinski definition) is 6. The van der Waals surface area contributed by atoms with Gasteiger partial charge in [0.1, 0.15) is 12.1 Å². The fourth-order valence-corrected chi connectivity index (χ4v) is 4.44. The molecule has 0 aromatic carbocycles. The topological polar surface area (TPSA) is 142 Å². The molecule has 2 aromatic rings. The van der Waals surface area contributed by atoms with Crippen LogP contribution in [0.1, 0.15) is 112 Å². The summed E-state index contributed by atoms with van der Waals surface area (Å²) in [6, 6.07) is 5.30. The quantitative estimate of drug-likeness (QED) is 0.162. The summed E-state index contributed by atoms with van der Waals surface area (Å²) in [5.41, 5.74) is 0.973. The minimum atomic E-state index is -0.584. The maximum absolute atomic E-state index is 12.2. The molecule has 2 atom stereocenters. The number of hydrogen-bond donors (Lipinski definition) is 4. The molecule has 42 heavy (non-hydrogen) atoms. The van der Waals surface area contributed by atoms with Crippen molar-refractivity contribution in [2.45, 2.75) is 103 Å². The zero-order chi connectivity index (χ0) is 30.4. The van der Waals surface area contributed by atoms with Gasteiger partial charge in [-0.05, 0) is 51.0 Å². The second-order valence-corrected chi connectivity index (χ2v) is 10.7. The van der Waals surface area contributed by atoms with Crippen molar-refractivity contribution in [1.82, 2.24) is 31.2 Å². The first kappa shape index (κ1) is 34.4. The lowest BCUT2D eigenvalue weighted by molar-refractivity contribution is -0.123. The summed E-state index contributed by atoms with van der Waals surface area (Å²) in [5, 5.41) is 11.2. The Morgan fingerprint density at radius 1 is 0.524 bits per heavy atom. The predicted octanol–water partition coefficient (Wildman–Crippen LogP) is 4.33. The van der Waals surface area contributed by atoms with Gasteiger partial charge in [0, 0.05) is 49.0 Å². The number of rotatable bonds is 21. The van der Waals surface area contributed by atoms with Crippen LogP contribution in [0.5, 0.6) is 0 Å². The summed E-state index contributed by atoms with van der Waals surface area (Å²) in [7, 11) is 0. The third-order valence-corrected chi connectivity index (χ3v) is 7.07. The van der Waals surface area contributed by atoms with Crippen LogP contribution in [0.3, 0.4) is 0 Å². The molecule has 0 bridgehead atoms. The van der Waals surface area contributed by atoms with Gasteiger partial charge in [0.2, 0.25) is 11.8 Å². The van der Waals surface area contributed by atoms with Crippen LogP contribution >= 0.6 is 0 Å². The number of aromatic nitrogens is 2. The molecule has 10 nitrogen and oxygen atoms in total. The van der Waals surface area contributed by atoms with Crippen molar-refractivity contribution in [1.29, 1.82) is 0 Å². The standard InChI is InChI=1S/C32H48N6O4/c1-25(37-31(41)27-15-21-33-22-16-27)29(39)35-19-13-11-9-7-5-3-4-6-8-10-12-14-20-36-30(40)26(2)38-32(42)28-17-23-34-24-18-28/h15-18,21-26H,3-14,19-20H2,1-2H3,(H,35,39)(H,36,40)(H,37,41)(H,38,42)/t25-,26-/m0/s1. The summed E-state index contributed by atoms with van der Waals surface area (Å²) >= 11 is 0. The van der Waals surface area contributed by atoms with E-state index in [2.05, 4.69) is 31.2 Å². The van der Waals surface area contributed by atoms with E-state index in [1.54, 1.807) is 62.9 Å². The molecule has 0 radical (unpaired) electrons. The van der Waals surface area contributed by atoms with E-state index in [1.807, 2.05) is 0 Å². The molecular weight excluding hydrogens is 532 g/mol. The highest BCUT2D eigenvalue weighted by Gasteiger charge is 2.17. The van der Waals surface area contributed by atoms with Crippen molar-refractivity contribution in [3.05, 3.63) is 60.2 Å². The Hall–Kier alpha value is -3.82. The van der Waals surface area contributed by atoms with Crippen LogP contribution in [0, 0.1) is 0 Å². The maximum atomic E-state index is 12.2. The summed E-state index contributed by atoms with van der Waals surface area (Å²) in [6.07, 6.45) is 20.0. The van der Waals surface area contributed by atoms with Crippen LogP contribution in [0.2, 0.25) is 0 Å². The SMILES string of the molecule is C[C@H](NC(=O)c1ccncc1)C(=O)NCCCCCCCCCCCCCCNC(=O)[C@H](C)NC(=O)c1ccncc1. The highest BCUT2D eigenvalue weighted by Crippen LogP contribution is 2.12. The van der Waals surface area contributed by atoms with E-state index in [0.717, 1.165) is 25.7 Å². The zero-order valence-electron chi connectivity index (χ0n) is 25.2. The third kappa shape index (κ3) is 14.7. The minimum Gasteiger partial charge on any atom is -0.354 e. The normalized spacial score (nSPS) is 12.1. The van der Waals surface area contributed by atoms with Gasteiger partial charge >= 0.3 is 0 Å². The van der Waals surface area contributed by atoms with Gasteiger partial charge in [-0.1, -0.05) is 64.2 Å². The fraction of sp³-hybridized carbons (Fsp3) is 0.562. The van der Waals surface area contributed by atoms with Crippen molar-refractivity contribution in [3.63, 3.8) is 0 Å². The van der Waals surface area contributed by atoms with Crippen molar-refractivity contribution >= 4 is 23.6 Å². The van der Waals surface area contributed by atoms with E-state index in [0.29, 0.717) is 24.2 Å². The van der Waals surface area contributed by atoms with Crippen molar-refractivity contribution in [2.75, 3.05) is 13.1 Å². The Morgan fingerprint density at radius 2 is 0.810 bits per heavy atom. The van der Waals surface area contributed by atoms with Gasteiger partial charge in [-0.15, -0.1) is 0 Å². The largest absolute Gasteiger partial charge is 0.354 e. The van der Waals surface area contributed by atoms with E-state index in [9.17, 15) is 19.2 Å². The zero-order valence-corrected chi connectivity index (χ0v) is 25.2. The van der Waals surface area contributed by atoms with E-state index in [1.165, 1.54) is 51.4 Å². The number of unbranched alkanes of at least 4 members (excludes halogenated alkanes) is 11. The molecule has 0 aliphatic rings. The van der Waals surface area contributed by atoms with Gasteiger partial charge in [-0.2, -0.15) is 0 Å². The molecule has 2 heterocycles. The molecule has 230 valence electrons. The summed E-state index contributed by atoms with van der Waals surface area (Å²) in [6.45, 7) is 4.62. The Kier molecular flexibility index (Phi) is 17.2. The Balaban J connectivity index is 1.33. The van der Waals surface area contributed by atoms with Crippen LogP contribution in [0.15, 0.2) is 49.1 Å². The van der Waals surface area contributed by atoms with E-state index >= 15 is 0 Å². The minimum absolute atomic E-state index is 0.167. The maximum Gasteiger partial charge on any atom is 0.252 e. The van der Waals surface area contributed by atoms with Crippen LogP contribution in [-0.2, 0) is 9.59 Å². The van der Waals surface area contributed by atoms with Gasteiger partial charge in [-0.3, -0.25) is 29.1 Å². The average Bonchev–Trinajstić information content (AvgIpc) is 3.01. The highest BCUT2D eigenvalue weighted by molar-refractivity contribution is 5.97. The number of nitrogens with one attached hydrogen (secondary N) is 4. The predicted molar refractivity (Wildman–Crippen MR) is 164 cm³/mol. The molecule has 10 heteroatoms. The Morgan fingerprint density at radius 3 is 1.12 bits per heavy atom. The number of amides is 4. The number of nitrogens with zero attached hydrogens (tertiary/aromatic N) is 2. The lowest BCUT2D eigenvalue weighted by Crippen LogP contribution is -2.45. The first-order chi connectivity index (χ1) is 20.4. The molecule has 0 spiro atoms. The average molecular weight is 581 g/mol. The molecular formula is C32H48N6O4. The van der Waals surface area contributed by atoms with Crippen LogP contribution in [-0.4, -0.2) is 58.8 Å². The van der Waals surface area contributed by atoms with E-state index in [-0.39, 0.29) is 23.6 Å². The second kappa shape index (κ2) is 21.0. The fourth-order valence-electron chi connectivity index (χ4n) is 4.44. The van der Waals surface area contributed by atoms with E-state index in [4.69, 9.17) is 0 Å². The van der Waals surface area contributed by atoms with Gasteiger partial charge < -0.3 is 21.3 Å². The molecule has 4 amide bonds. The van der Waals surface area contributed by atoms with Crippen molar-refractivity contribution < 1.29 is 19.2 Å². The van der Waals surface area contributed by atoms with Crippen LogP contribution in [0.25, 0.3) is 0 Å². The monoisotopic (exact) mass is 580 g/mol. The molecule has 0 fully saturated rings. The molecule has 4 N–H and O–H groups in total. The third-order valence-electron chi connectivity index (χ3n) is 7.07. The first-order valence-corrected chi connectivity index (χ1v) is 15.4. The number of carbonyl (C=O) groups is 4. The Bertz CT molecular complexity index is 982. The molecule has 0 unspecified atom stereocenters. The van der Waals surface area contributed by atoms with Gasteiger partial charge in [0.15, 0.2) is 0 Å². The lowest BCUT2D eigenvalue weighted by Gasteiger charge is -2.14. The van der Waals surface area contributed by atoms with Crippen molar-refractivity contribution in [2.24, 2.45) is 0 Å². The van der Waals surface area contributed by atoms with Gasteiger partial charge in [0.05, 0.1) is 0 Å². The summed E-state index contributed by atoms with van der Waals surface area (Å²) in [4.78, 5) is 56.4. The summed E-state index contributed by atoms with van der Waals surface area (Å²) in [5.74, 6) is -0.893. The number of carbonyl (C=O) groups excluding carboxylic acids is 4. The van der Waals surface area contributed by atoms with Crippen LogP contribution in [0.4, 0.5) is 0 Å². The Labute approximate surface area is 250 Å². The molecule has 0 aliphatic heterocycles. The van der Waals surface area contributed by atoms with E-state index < -0.39 is 12.1 Å². The second-order valence-electron chi connectivity index (χ2n) is 10.7. The van der Waals surface area contributed by atoms with Crippen molar-refractivity contribution in [3.8, 4) is 0 Å². The smallest absolute Gasteiger partial charge is 0.252 e. The van der Waals surface area contributed by atoms with Gasteiger partial charge in [0.25, 0.3) is 11.8 Å².